The number of rotatable bonds is 1. The number of aryl methyl sites for hydroxylation is 1. The van der Waals surface area contributed by atoms with Crippen LogP contribution in [0.1, 0.15) is 23.5 Å². The Hall–Kier alpha value is -1.58. The number of hydrogen-bond acceptors (Lipinski definition) is 1. The predicted molar refractivity (Wildman–Crippen MR) is 63.0 cm³/mol. The second-order valence-corrected chi connectivity index (χ2v) is 4.50. The molecule has 17 heavy (non-hydrogen) atoms. The molecule has 1 aliphatic heterocycles. The Morgan fingerprint density at radius 2 is 2.18 bits per heavy atom. The molecule has 0 spiro atoms. The zero-order valence-corrected chi connectivity index (χ0v) is 9.77. The number of benzene rings is 1. The Balaban J connectivity index is 2.15. The maximum Gasteiger partial charge on any atom is 0.407 e. The van der Waals surface area contributed by atoms with E-state index in [2.05, 4.69) is 0 Å². The molecule has 1 aromatic rings. The summed E-state index contributed by atoms with van der Waals surface area (Å²) in [6.45, 7) is 2.36. The van der Waals surface area contributed by atoms with E-state index in [9.17, 15) is 9.18 Å². The summed E-state index contributed by atoms with van der Waals surface area (Å²) in [6.07, 6.45) is -1.59. The Labute approximate surface area is 99.9 Å². The lowest BCUT2D eigenvalue weighted by Crippen LogP contribution is -2.43. The van der Waals surface area contributed by atoms with Gasteiger partial charge in [0.2, 0.25) is 0 Å². The van der Waals surface area contributed by atoms with E-state index in [0.29, 0.717) is 13.0 Å². The Kier molecular flexibility index (Phi) is 3.31. The normalized spacial score (nSPS) is 24.7. The third-order valence-electron chi connectivity index (χ3n) is 3.40. The fourth-order valence-electron chi connectivity index (χ4n) is 2.43. The number of carbonyl (C=O) groups is 1. The van der Waals surface area contributed by atoms with Gasteiger partial charge < -0.3 is 10.0 Å². The lowest BCUT2D eigenvalue weighted by molar-refractivity contribution is 0.0962. The summed E-state index contributed by atoms with van der Waals surface area (Å²) in [7, 11) is 0. The molecule has 0 bridgehead atoms. The van der Waals surface area contributed by atoms with Crippen LogP contribution in [0.2, 0.25) is 0 Å². The molecule has 1 N–H and O–H groups in total. The number of likely N-dealkylation sites (tertiary alicyclic amines) is 1. The van der Waals surface area contributed by atoms with E-state index in [0.717, 1.165) is 16.0 Å². The number of alkyl halides is 1. The van der Waals surface area contributed by atoms with Crippen LogP contribution in [0.15, 0.2) is 24.3 Å². The maximum absolute atomic E-state index is 14.0. The Morgan fingerprint density at radius 3 is 2.76 bits per heavy atom. The van der Waals surface area contributed by atoms with Crippen molar-refractivity contribution >= 4 is 6.09 Å². The second kappa shape index (κ2) is 4.73. The lowest BCUT2D eigenvalue weighted by atomic mass is 9.86. The van der Waals surface area contributed by atoms with E-state index in [1.807, 2.05) is 31.2 Å². The highest BCUT2D eigenvalue weighted by Gasteiger charge is 2.32. The predicted octanol–water partition coefficient (Wildman–Crippen LogP) is 2.80. The van der Waals surface area contributed by atoms with E-state index in [-0.39, 0.29) is 12.5 Å². The SMILES string of the molecule is Cc1ccccc1C1CCN(C(=O)O)CC1F. The van der Waals surface area contributed by atoms with Gasteiger partial charge in [-0.3, -0.25) is 0 Å². The second-order valence-electron chi connectivity index (χ2n) is 4.50. The van der Waals surface area contributed by atoms with Crippen molar-refractivity contribution in [3.05, 3.63) is 35.4 Å². The van der Waals surface area contributed by atoms with Gasteiger partial charge in [0.25, 0.3) is 0 Å². The first-order valence-electron chi connectivity index (χ1n) is 5.77. The molecule has 1 amide bonds. The third kappa shape index (κ3) is 2.40. The number of carboxylic acid groups (broad SMARTS) is 1. The van der Waals surface area contributed by atoms with Gasteiger partial charge in [0.05, 0.1) is 6.54 Å². The van der Waals surface area contributed by atoms with E-state index in [1.165, 1.54) is 0 Å². The molecule has 3 nitrogen and oxygen atoms in total. The fraction of sp³-hybridized carbons (Fsp3) is 0.462. The first-order valence-corrected chi connectivity index (χ1v) is 5.77. The maximum atomic E-state index is 14.0. The molecule has 92 valence electrons. The van der Waals surface area contributed by atoms with Gasteiger partial charge in [-0.15, -0.1) is 0 Å². The monoisotopic (exact) mass is 237 g/mol. The summed E-state index contributed by atoms with van der Waals surface area (Å²) in [5, 5.41) is 8.83. The van der Waals surface area contributed by atoms with E-state index in [1.54, 1.807) is 0 Å². The number of halogens is 1. The summed E-state index contributed by atoms with van der Waals surface area (Å²) in [5.74, 6) is -0.174. The zero-order valence-electron chi connectivity index (χ0n) is 9.77. The van der Waals surface area contributed by atoms with Crippen LogP contribution in [-0.4, -0.2) is 35.4 Å². The third-order valence-corrected chi connectivity index (χ3v) is 3.40. The highest BCUT2D eigenvalue weighted by molar-refractivity contribution is 5.65. The van der Waals surface area contributed by atoms with Crippen LogP contribution in [0.3, 0.4) is 0 Å². The molecule has 0 radical (unpaired) electrons. The van der Waals surface area contributed by atoms with Gasteiger partial charge in [0.1, 0.15) is 6.17 Å². The Bertz CT molecular complexity index is 422. The minimum Gasteiger partial charge on any atom is -0.465 e. The molecule has 1 fully saturated rings. The quantitative estimate of drug-likeness (QED) is 0.815. The molecule has 0 saturated carbocycles. The first-order chi connectivity index (χ1) is 8.09. The van der Waals surface area contributed by atoms with Crippen molar-refractivity contribution in [3.63, 3.8) is 0 Å². The van der Waals surface area contributed by atoms with E-state index < -0.39 is 12.3 Å². The zero-order chi connectivity index (χ0) is 12.4. The smallest absolute Gasteiger partial charge is 0.407 e. The molecule has 2 atom stereocenters. The van der Waals surface area contributed by atoms with E-state index >= 15 is 0 Å². The summed E-state index contributed by atoms with van der Waals surface area (Å²) in [6, 6.07) is 7.73. The fourth-order valence-corrected chi connectivity index (χ4v) is 2.43. The highest BCUT2D eigenvalue weighted by atomic mass is 19.1. The van der Waals surface area contributed by atoms with Crippen molar-refractivity contribution in [1.29, 1.82) is 0 Å². The van der Waals surface area contributed by atoms with Gasteiger partial charge in [0, 0.05) is 12.5 Å². The van der Waals surface area contributed by atoms with Crippen molar-refractivity contribution < 1.29 is 14.3 Å². The van der Waals surface area contributed by atoms with Crippen molar-refractivity contribution in [2.45, 2.75) is 25.4 Å². The highest BCUT2D eigenvalue weighted by Crippen LogP contribution is 2.32. The van der Waals surface area contributed by atoms with Gasteiger partial charge in [0.15, 0.2) is 0 Å². The van der Waals surface area contributed by atoms with Crippen LogP contribution in [0.4, 0.5) is 9.18 Å². The van der Waals surface area contributed by atoms with Crippen molar-refractivity contribution in [3.8, 4) is 0 Å². The van der Waals surface area contributed by atoms with Gasteiger partial charge in [-0.1, -0.05) is 24.3 Å². The van der Waals surface area contributed by atoms with Crippen LogP contribution in [0, 0.1) is 6.92 Å². The first kappa shape index (κ1) is 11.9. The number of piperidine rings is 1. The van der Waals surface area contributed by atoms with Gasteiger partial charge in [-0.05, 0) is 24.5 Å². The molecule has 1 heterocycles. The summed E-state index contributed by atoms with van der Waals surface area (Å²) < 4.78 is 14.0. The van der Waals surface area contributed by atoms with Crippen LogP contribution in [0.5, 0.6) is 0 Å². The molecular formula is C13H16FNO2. The summed E-state index contributed by atoms with van der Waals surface area (Å²) in [4.78, 5) is 11.9. The van der Waals surface area contributed by atoms with Crippen LogP contribution < -0.4 is 0 Å². The van der Waals surface area contributed by atoms with Gasteiger partial charge >= 0.3 is 6.09 Å². The number of amides is 1. The minimum absolute atomic E-state index is 0.0195. The standard InChI is InChI=1S/C13H16FNO2/c1-9-4-2-3-5-10(9)11-6-7-15(13(16)17)8-12(11)14/h2-5,11-12H,6-8H2,1H3,(H,16,17). The average molecular weight is 237 g/mol. The molecule has 1 aromatic carbocycles. The molecule has 1 aliphatic rings. The van der Waals surface area contributed by atoms with Crippen LogP contribution in [0.25, 0.3) is 0 Å². The van der Waals surface area contributed by atoms with Crippen molar-refractivity contribution in [1.82, 2.24) is 4.90 Å². The van der Waals surface area contributed by atoms with Crippen LogP contribution in [-0.2, 0) is 0 Å². The summed E-state index contributed by atoms with van der Waals surface area (Å²) >= 11 is 0. The molecule has 2 rings (SSSR count). The Morgan fingerprint density at radius 1 is 1.47 bits per heavy atom. The van der Waals surface area contributed by atoms with Crippen LogP contribution >= 0.6 is 0 Å². The number of nitrogens with zero attached hydrogens (tertiary/aromatic N) is 1. The lowest BCUT2D eigenvalue weighted by Gasteiger charge is -2.33. The van der Waals surface area contributed by atoms with Gasteiger partial charge in [-0.25, -0.2) is 9.18 Å². The van der Waals surface area contributed by atoms with Gasteiger partial charge in [-0.2, -0.15) is 0 Å². The molecule has 0 aliphatic carbocycles. The summed E-state index contributed by atoms with van der Waals surface area (Å²) in [5.41, 5.74) is 2.08. The molecular weight excluding hydrogens is 221 g/mol. The van der Waals surface area contributed by atoms with Crippen molar-refractivity contribution in [2.24, 2.45) is 0 Å². The van der Waals surface area contributed by atoms with E-state index in [4.69, 9.17) is 5.11 Å². The molecule has 2 unspecified atom stereocenters. The molecule has 1 saturated heterocycles. The largest absolute Gasteiger partial charge is 0.465 e. The average Bonchev–Trinajstić information content (AvgIpc) is 2.30. The molecule has 0 aromatic heterocycles. The number of hydrogen-bond donors (Lipinski definition) is 1. The van der Waals surface area contributed by atoms with Crippen molar-refractivity contribution in [2.75, 3.05) is 13.1 Å². The minimum atomic E-state index is -1.11. The molecule has 4 heteroatoms. The topological polar surface area (TPSA) is 40.5 Å².